The van der Waals surface area contributed by atoms with Crippen LogP contribution in [-0.4, -0.2) is 5.11 Å². The second-order valence-electron chi connectivity index (χ2n) is 4.52. The molecular formula is C15H14BrClO. The zero-order valence-corrected chi connectivity index (χ0v) is 12.6. The van der Waals surface area contributed by atoms with Crippen LogP contribution in [0.1, 0.15) is 23.6 Å². The fourth-order valence-electron chi connectivity index (χ4n) is 1.91. The van der Waals surface area contributed by atoms with E-state index in [0.29, 0.717) is 5.02 Å². The molecule has 0 aliphatic rings. The number of hydrogen-bond donors (Lipinski definition) is 1. The van der Waals surface area contributed by atoms with Gasteiger partial charge >= 0.3 is 0 Å². The number of hydrogen-bond acceptors (Lipinski definition) is 1. The summed E-state index contributed by atoms with van der Waals surface area (Å²) in [6, 6.07) is 13.3. The molecule has 0 aromatic heterocycles. The van der Waals surface area contributed by atoms with E-state index in [9.17, 15) is 5.11 Å². The maximum atomic E-state index is 10.8. The molecule has 2 aromatic carbocycles. The van der Waals surface area contributed by atoms with Crippen LogP contribution in [0.3, 0.4) is 0 Å². The van der Waals surface area contributed by atoms with Gasteiger partial charge in [-0.1, -0.05) is 57.9 Å². The Morgan fingerprint density at radius 2 is 1.83 bits per heavy atom. The van der Waals surface area contributed by atoms with Crippen LogP contribution in [-0.2, 0) is 5.60 Å². The van der Waals surface area contributed by atoms with Crippen molar-refractivity contribution in [2.45, 2.75) is 19.4 Å². The molecule has 0 amide bonds. The lowest BCUT2D eigenvalue weighted by atomic mass is 9.88. The minimum Gasteiger partial charge on any atom is -0.381 e. The molecule has 0 saturated heterocycles. The van der Waals surface area contributed by atoms with Crippen molar-refractivity contribution >= 4 is 27.5 Å². The quantitative estimate of drug-likeness (QED) is 0.851. The zero-order chi connectivity index (χ0) is 13.3. The van der Waals surface area contributed by atoms with E-state index in [4.69, 9.17) is 11.6 Å². The van der Waals surface area contributed by atoms with Crippen LogP contribution in [0.4, 0.5) is 0 Å². The number of benzene rings is 2. The van der Waals surface area contributed by atoms with E-state index in [2.05, 4.69) is 15.9 Å². The van der Waals surface area contributed by atoms with Crippen LogP contribution in [0.2, 0.25) is 5.02 Å². The summed E-state index contributed by atoms with van der Waals surface area (Å²) in [6.45, 7) is 3.72. The molecule has 1 nitrogen and oxygen atoms in total. The van der Waals surface area contributed by atoms with Gasteiger partial charge in [-0.2, -0.15) is 0 Å². The van der Waals surface area contributed by atoms with Crippen molar-refractivity contribution in [3.63, 3.8) is 0 Å². The van der Waals surface area contributed by atoms with E-state index in [-0.39, 0.29) is 0 Å². The van der Waals surface area contributed by atoms with Gasteiger partial charge < -0.3 is 5.11 Å². The Hall–Kier alpha value is -0.830. The van der Waals surface area contributed by atoms with Gasteiger partial charge in [0.1, 0.15) is 5.60 Å². The number of rotatable bonds is 2. The summed E-state index contributed by atoms with van der Waals surface area (Å²) in [4.78, 5) is 0. The molecule has 94 valence electrons. The van der Waals surface area contributed by atoms with Crippen molar-refractivity contribution < 1.29 is 5.11 Å². The molecule has 2 rings (SSSR count). The van der Waals surface area contributed by atoms with E-state index in [0.717, 1.165) is 21.2 Å². The van der Waals surface area contributed by atoms with Crippen LogP contribution in [0, 0.1) is 6.92 Å². The average molecular weight is 326 g/mol. The second kappa shape index (κ2) is 5.04. The molecule has 0 spiro atoms. The lowest BCUT2D eigenvalue weighted by Crippen LogP contribution is -2.23. The van der Waals surface area contributed by atoms with E-state index in [1.807, 2.05) is 49.4 Å². The first-order chi connectivity index (χ1) is 8.43. The van der Waals surface area contributed by atoms with Crippen molar-refractivity contribution in [1.82, 2.24) is 0 Å². The minimum absolute atomic E-state index is 0.667. The van der Waals surface area contributed by atoms with Gasteiger partial charge in [-0.15, -0.1) is 0 Å². The topological polar surface area (TPSA) is 20.2 Å². The third-order valence-electron chi connectivity index (χ3n) is 3.13. The van der Waals surface area contributed by atoms with Gasteiger partial charge in [0.2, 0.25) is 0 Å². The van der Waals surface area contributed by atoms with Crippen molar-refractivity contribution in [2.24, 2.45) is 0 Å². The summed E-state index contributed by atoms with van der Waals surface area (Å²) in [7, 11) is 0. The molecule has 1 atom stereocenters. The van der Waals surface area contributed by atoms with Gasteiger partial charge in [0, 0.05) is 15.1 Å². The van der Waals surface area contributed by atoms with Crippen LogP contribution < -0.4 is 0 Å². The molecule has 0 heterocycles. The number of aryl methyl sites for hydroxylation is 1. The van der Waals surface area contributed by atoms with E-state index in [1.54, 1.807) is 6.92 Å². The first kappa shape index (κ1) is 13.6. The summed E-state index contributed by atoms with van der Waals surface area (Å²) < 4.78 is 0.881. The Bertz CT molecular complexity index is 578. The predicted molar refractivity (Wildman–Crippen MR) is 79.0 cm³/mol. The molecule has 0 bridgehead atoms. The Labute approximate surface area is 121 Å². The Morgan fingerprint density at radius 3 is 2.44 bits per heavy atom. The highest BCUT2D eigenvalue weighted by Crippen LogP contribution is 2.35. The van der Waals surface area contributed by atoms with Crippen LogP contribution >= 0.6 is 27.5 Å². The molecule has 3 heteroatoms. The van der Waals surface area contributed by atoms with E-state index < -0.39 is 5.60 Å². The maximum absolute atomic E-state index is 10.8. The standard InChI is InChI=1S/C15H14BrClO/c1-10-7-8-11(9-14(10)17)15(2,18)12-5-3-4-6-13(12)16/h3-9,18H,1-2H3. The van der Waals surface area contributed by atoms with Crippen LogP contribution in [0.5, 0.6) is 0 Å². The molecule has 0 saturated carbocycles. The monoisotopic (exact) mass is 324 g/mol. The Balaban J connectivity index is 2.54. The molecular weight excluding hydrogens is 312 g/mol. The summed E-state index contributed by atoms with van der Waals surface area (Å²) in [6.07, 6.45) is 0. The molecule has 0 fully saturated rings. The van der Waals surface area contributed by atoms with E-state index >= 15 is 0 Å². The molecule has 2 aromatic rings. The molecule has 0 aliphatic carbocycles. The molecule has 0 radical (unpaired) electrons. The van der Waals surface area contributed by atoms with E-state index in [1.165, 1.54) is 0 Å². The fraction of sp³-hybridized carbons (Fsp3) is 0.200. The van der Waals surface area contributed by atoms with Gasteiger partial charge in [-0.3, -0.25) is 0 Å². The van der Waals surface area contributed by atoms with Gasteiger partial charge in [0.25, 0.3) is 0 Å². The average Bonchev–Trinajstić information content (AvgIpc) is 2.33. The first-order valence-corrected chi connectivity index (χ1v) is 6.84. The fourth-order valence-corrected chi connectivity index (χ4v) is 2.76. The van der Waals surface area contributed by atoms with Gasteiger partial charge in [-0.05, 0) is 37.1 Å². The smallest absolute Gasteiger partial charge is 0.113 e. The van der Waals surface area contributed by atoms with Crippen LogP contribution in [0.25, 0.3) is 0 Å². The number of aliphatic hydroxyl groups is 1. The summed E-state index contributed by atoms with van der Waals surface area (Å²) in [5.74, 6) is 0. The molecule has 0 aliphatic heterocycles. The summed E-state index contributed by atoms with van der Waals surface area (Å²) in [5, 5.41) is 11.4. The Kier molecular flexibility index (Phi) is 3.81. The third kappa shape index (κ3) is 2.46. The molecule has 1 unspecified atom stereocenters. The minimum atomic E-state index is -1.07. The van der Waals surface area contributed by atoms with Crippen molar-refractivity contribution in [3.05, 3.63) is 68.7 Å². The van der Waals surface area contributed by atoms with Gasteiger partial charge in [-0.25, -0.2) is 0 Å². The maximum Gasteiger partial charge on any atom is 0.113 e. The SMILES string of the molecule is Cc1ccc(C(C)(O)c2ccccc2Br)cc1Cl. The third-order valence-corrected chi connectivity index (χ3v) is 4.23. The van der Waals surface area contributed by atoms with Crippen molar-refractivity contribution in [1.29, 1.82) is 0 Å². The zero-order valence-electron chi connectivity index (χ0n) is 10.2. The molecule has 1 N–H and O–H groups in total. The highest BCUT2D eigenvalue weighted by molar-refractivity contribution is 9.10. The predicted octanol–water partition coefficient (Wildman–Crippen LogP) is 4.67. The summed E-state index contributed by atoms with van der Waals surface area (Å²) in [5.41, 5.74) is 1.54. The molecule has 18 heavy (non-hydrogen) atoms. The Morgan fingerprint density at radius 1 is 1.17 bits per heavy atom. The van der Waals surface area contributed by atoms with Crippen molar-refractivity contribution in [2.75, 3.05) is 0 Å². The summed E-state index contributed by atoms with van der Waals surface area (Å²) >= 11 is 9.59. The highest BCUT2D eigenvalue weighted by atomic mass is 79.9. The largest absolute Gasteiger partial charge is 0.381 e. The first-order valence-electron chi connectivity index (χ1n) is 5.67. The highest BCUT2D eigenvalue weighted by Gasteiger charge is 2.27. The lowest BCUT2D eigenvalue weighted by molar-refractivity contribution is 0.101. The normalized spacial score (nSPS) is 14.3. The lowest BCUT2D eigenvalue weighted by Gasteiger charge is -2.26. The van der Waals surface area contributed by atoms with Gasteiger partial charge in [0.05, 0.1) is 0 Å². The second-order valence-corrected chi connectivity index (χ2v) is 5.78. The van der Waals surface area contributed by atoms with Gasteiger partial charge in [0.15, 0.2) is 0 Å². The van der Waals surface area contributed by atoms with Crippen LogP contribution in [0.15, 0.2) is 46.9 Å². The number of halogens is 2. The van der Waals surface area contributed by atoms with Crippen molar-refractivity contribution in [3.8, 4) is 0 Å².